The maximum atomic E-state index is 13.2. The fourth-order valence-electron chi connectivity index (χ4n) is 5.21. The summed E-state index contributed by atoms with van der Waals surface area (Å²) in [6.07, 6.45) is 2.14. The number of hydrogen-bond donors (Lipinski definition) is 1. The largest absolute Gasteiger partial charge is 0.341 e. The predicted molar refractivity (Wildman–Crippen MR) is 118 cm³/mol. The fourth-order valence-corrected chi connectivity index (χ4v) is 5.21. The summed E-state index contributed by atoms with van der Waals surface area (Å²) in [4.78, 5) is 45.7. The van der Waals surface area contributed by atoms with Crippen molar-refractivity contribution in [3.8, 4) is 11.8 Å². The molecule has 1 aliphatic heterocycles. The van der Waals surface area contributed by atoms with E-state index in [4.69, 9.17) is 4.84 Å². The number of ketones is 2. The molecule has 1 atom stereocenters. The molecule has 1 heterocycles. The number of carbonyl (C=O) groups excluding carboxylic acids is 3. The smallest absolute Gasteiger partial charge is 0.241 e. The number of hydrogen-bond acceptors (Lipinski definition) is 5. The lowest BCUT2D eigenvalue weighted by atomic mass is 9.62. The van der Waals surface area contributed by atoms with Crippen molar-refractivity contribution in [2.45, 2.75) is 65.3 Å². The number of hydroxylamine groups is 1. The standard InChI is InChI=1S/C25H32N2O4/c1-6-7-19-12-16(2)22(17(3)13-19)23-20(28)14-25(15-21(23)29)8-10-27(11-9-25)24(30)18(4)26-31-5/h12-13,18,23,26H,8-11,14-15H2,1-5H3. The van der Waals surface area contributed by atoms with Crippen LogP contribution < -0.4 is 5.48 Å². The second-order valence-corrected chi connectivity index (χ2v) is 8.99. The molecule has 6 heteroatoms. The summed E-state index contributed by atoms with van der Waals surface area (Å²) in [5.74, 6) is 5.26. The van der Waals surface area contributed by atoms with Crippen molar-refractivity contribution in [3.05, 3.63) is 34.4 Å². The minimum atomic E-state index is -0.681. The highest BCUT2D eigenvalue weighted by Crippen LogP contribution is 2.46. The van der Waals surface area contributed by atoms with Crippen LogP contribution in [0.3, 0.4) is 0 Å². The van der Waals surface area contributed by atoms with E-state index >= 15 is 0 Å². The number of benzene rings is 1. The number of carbonyl (C=O) groups is 3. The van der Waals surface area contributed by atoms with Crippen LogP contribution in [0, 0.1) is 31.1 Å². The molecule has 1 N–H and O–H groups in total. The zero-order chi connectivity index (χ0) is 22.8. The van der Waals surface area contributed by atoms with Crippen LogP contribution >= 0.6 is 0 Å². The Bertz CT molecular complexity index is 905. The lowest BCUT2D eigenvalue weighted by Crippen LogP contribution is -2.52. The van der Waals surface area contributed by atoms with Crippen LogP contribution in [-0.4, -0.2) is 48.6 Å². The third-order valence-corrected chi connectivity index (χ3v) is 6.69. The number of amides is 1. The molecule has 31 heavy (non-hydrogen) atoms. The van der Waals surface area contributed by atoms with Gasteiger partial charge in [0.2, 0.25) is 5.91 Å². The van der Waals surface area contributed by atoms with Crippen molar-refractivity contribution in [1.82, 2.24) is 10.4 Å². The number of rotatable bonds is 4. The molecular formula is C25H32N2O4. The van der Waals surface area contributed by atoms with E-state index in [1.165, 1.54) is 7.11 Å². The van der Waals surface area contributed by atoms with E-state index in [2.05, 4.69) is 17.3 Å². The Balaban J connectivity index is 1.74. The monoisotopic (exact) mass is 424 g/mol. The molecule has 166 valence electrons. The van der Waals surface area contributed by atoms with Gasteiger partial charge < -0.3 is 9.74 Å². The molecule has 1 spiro atoms. The highest BCUT2D eigenvalue weighted by molar-refractivity contribution is 6.10. The second kappa shape index (κ2) is 9.33. The molecule has 1 amide bonds. The average molecular weight is 425 g/mol. The molecule has 0 aromatic heterocycles. The van der Waals surface area contributed by atoms with Crippen molar-refractivity contribution in [2.24, 2.45) is 5.41 Å². The molecule has 0 radical (unpaired) electrons. The van der Waals surface area contributed by atoms with Crippen LogP contribution in [0.15, 0.2) is 12.1 Å². The summed E-state index contributed by atoms with van der Waals surface area (Å²) in [5.41, 5.74) is 5.98. The molecular weight excluding hydrogens is 392 g/mol. The highest BCUT2D eigenvalue weighted by Gasteiger charge is 2.48. The van der Waals surface area contributed by atoms with Crippen molar-refractivity contribution < 1.29 is 19.2 Å². The first kappa shape index (κ1) is 23.2. The van der Waals surface area contributed by atoms with Gasteiger partial charge in [-0.1, -0.05) is 5.92 Å². The fraction of sp³-hybridized carbons (Fsp3) is 0.560. The minimum absolute atomic E-state index is 0.00553. The SMILES string of the molecule is CC#Cc1cc(C)c(C2C(=O)CC3(CCN(C(=O)C(C)NOC)CC3)CC2=O)c(C)c1. The van der Waals surface area contributed by atoms with Crippen molar-refractivity contribution in [2.75, 3.05) is 20.2 Å². The molecule has 1 saturated heterocycles. The van der Waals surface area contributed by atoms with Crippen LogP contribution in [0.4, 0.5) is 0 Å². The zero-order valence-corrected chi connectivity index (χ0v) is 19.1. The summed E-state index contributed by atoms with van der Waals surface area (Å²) in [6.45, 7) is 8.57. The van der Waals surface area contributed by atoms with Gasteiger partial charge in [0.15, 0.2) is 0 Å². The molecule has 1 unspecified atom stereocenters. The van der Waals surface area contributed by atoms with Gasteiger partial charge in [0, 0.05) is 31.5 Å². The van der Waals surface area contributed by atoms with Crippen molar-refractivity contribution in [3.63, 3.8) is 0 Å². The van der Waals surface area contributed by atoms with Crippen LogP contribution in [0.1, 0.15) is 67.7 Å². The second-order valence-electron chi connectivity index (χ2n) is 8.99. The topological polar surface area (TPSA) is 75.7 Å². The third-order valence-electron chi connectivity index (χ3n) is 6.69. The van der Waals surface area contributed by atoms with Gasteiger partial charge in [-0.25, -0.2) is 0 Å². The zero-order valence-electron chi connectivity index (χ0n) is 19.1. The number of nitrogens with one attached hydrogen (secondary N) is 1. The molecule has 1 aromatic carbocycles. The van der Waals surface area contributed by atoms with Crippen LogP contribution in [-0.2, 0) is 19.2 Å². The van der Waals surface area contributed by atoms with Gasteiger partial charge in [0.25, 0.3) is 0 Å². The van der Waals surface area contributed by atoms with Gasteiger partial charge in [-0.05, 0) is 74.8 Å². The Hall–Kier alpha value is -2.49. The molecule has 1 aromatic rings. The van der Waals surface area contributed by atoms with Gasteiger partial charge in [-0.15, -0.1) is 5.92 Å². The Kier molecular flexibility index (Phi) is 6.98. The van der Waals surface area contributed by atoms with Gasteiger partial charge in [-0.2, -0.15) is 5.48 Å². The minimum Gasteiger partial charge on any atom is -0.341 e. The Morgan fingerprint density at radius 1 is 1.16 bits per heavy atom. The van der Waals surface area contributed by atoms with Gasteiger partial charge in [0.05, 0.1) is 7.11 Å². The molecule has 1 aliphatic carbocycles. The van der Waals surface area contributed by atoms with Gasteiger partial charge >= 0.3 is 0 Å². The van der Waals surface area contributed by atoms with E-state index < -0.39 is 12.0 Å². The number of likely N-dealkylation sites (tertiary alicyclic amines) is 1. The summed E-state index contributed by atoms with van der Waals surface area (Å²) in [6, 6.07) is 3.50. The lowest BCUT2D eigenvalue weighted by Gasteiger charge is -2.45. The van der Waals surface area contributed by atoms with E-state index in [1.807, 2.05) is 26.0 Å². The van der Waals surface area contributed by atoms with Crippen molar-refractivity contribution in [1.29, 1.82) is 0 Å². The number of nitrogens with zero attached hydrogens (tertiary/aromatic N) is 1. The summed E-state index contributed by atoms with van der Waals surface area (Å²) in [5, 5.41) is 0. The Morgan fingerprint density at radius 3 is 2.19 bits per heavy atom. The maximum Gasteiger partial charge on any atom is 0.241 e. The first-order chi connectivity index (χ1) is 14.7. The van der Waals surface area contributed by atoms with E-state index in [-0.39, 0.29) is 22.9 Å². The molecule has 6 nitrogen and oxygen atoms in total. The lowest BCUT2D eigenvalue weighted by molar-refractivity contribution is -0.142. The quantitative estimate of drug-likeness (QED) is 0.457. The Morgan fingerprint density at radius 2 is 1.71 bits per heavy atom. The van der Waals surface area contributed by atoms with Crippen LogP contribution in [0.25, 0.3) is 0 Å². The number of Topliss-reactive ketones (excluding diaryl/α,β-unsaturated/α-hetero) is 2. The molecule has 0 bridgehead atoms. The van der Waals surface area contributed by atoms with E-state index in [0.717, 1.165) is 22.3 Å². The van der Waals surface area contributed by atoms with Gasteiger partial charge in [-0.3, -0.25) is 14.4 Å². The van der Waals surface area contributed by atoms with Crippen molar-refractivity contribution >= 4 is 17.5 Å². The van der Waals surface area contributed by atoms with E-state index in [0.29, 0.717) is 38.8 Å². The number of piperidine rings is 1. The normalized spacial score (nSPS) is 19.8. The van der Waals surface area contributed by atoms with E-state index in [9.17, 15) is 14.4 Å². The number of aryl methyl sites for hydroxylation is 2. The Labute approximate surface area is 184 Å². The van der Waals surface area contributed by atoms with Crippen LogP contribution in [0.5, 0.6) is 0 Å². The molecule has 1 saturated carbocycles. The summed E-state index contributed by atoms with van der Waals surface area (Å²) in [7, 11) is 1.48. The predicted octanol–water partition coefficient (Wildman–Crippen LogP) is 2.84. The van der Waals surface area contributed by atoms with Gasteiger partial charge in [0.1, 0.15) is 23.5 Å². The first-order valence-electron chi connectivity index (χ1n) is 10.9. The van der Waals surface area contributed by atoms with E-state index in [1.54, 1.807) is 18.7 Å². The molecule has 3 rings (SSSR count). The maximum absolute atomic E-state index is 13.2. The molecule has 2 fully saturated rings. The summed E-state index contributed by atoms with van der Waals surface area (Å²) >= 11 is 0. The highest BCUT2D eigenvalue weighted by atomic mass is 16.6. The first-order valence-corrected chi connectivity index (χ1v) is 10.9. The third kappa shape index (κ3) is 4.73. The average Bonchev–Trinajstić information content (AvgIpc) is 2.70. The molecule has 2 aliphatic rings. The summed E-state index contributed by atoms with van der Waals surface area (Å²) < 4.78 is 0. The van der Waals surface area contributed by atoms with Crippen LogP contribution in [0.2, 0.25) is 0 Å².